The fourth-order valence-electron chi connectivity index (χ4n) is 6.20. The molecule has 7 heteroatoms. The van der Waals surface area contributed by atoms with E-state index in [1.54, 1.807) is 6.33 Å². The van der Waals surface area contributed by atoms with Gasteiger partial charge in [0, 0.05) is 41.3 Å². The number of nitrogens with zero attached hydrogens (tertiary/aromatic N) is 4. The first kappa shape index (κ1) is 23.2. The molecule has 2 fully saturated rings. The number of pyridine rings is 1. The predicted octanol–water partition coefficient (Wildman–Crippen LogP) is 5.11. The molecule has 0 spiro atoms. The molecule has 0 unspecified atom stereocenters. The third-order valence-corrected chi connectivity index (χ3v) is 8.22. The van der Waals surface area contributed by atoms with E-state index in [1.807, 2.05) is 16.5 Å². The number of hydrogen-bond acceptors (Lipinski definition) is 4. The van der Waals surface area contributed by atoms with Gasteiger partial charge in [0.05, 0.1) is 12.2 Å². The van der Waals surface area contributed by atoms with Crippen LogP contribution in [0.25, 0.3) is 27.8 Å². The van der Waals surface area contributed by atoms with Crippen molar-refractivity contribution >= 4 is 22.5 Å². The van der Waals surface area contributed by atoms with Crippen LogP contribution in [0.3, 0.4) is 0 Å². The molecule has 1 amide bonds. The summed E-state index contributed by atoms with van der Waals surface area (Å²) in [5.74, 6) is 1.66. The lowest BCUT2D eigenvalue weighted by atomic mass is 9.87. The van der Waals surface area contributed by atoms with E-state index in [-0.39, 0.29) is 5.91 Å². The molecule has 2 aliphatic rings. The van der Waals surface area contributed by atoms with Gasteiger partial charge in [-0.05, 0) is 86.2 Å². The minimum absolute atomic E-state index is 0.203. The van der Waals surface area contributed by atoms with Crippen LogP contribution < -0.4 is 5.32 Å². The summed E-state index contributed by atoms with van der Waals surface area (Å²) < 4.78 is 1.96. The molecule has 1 aromatic carbocycles. The topological polar surface area (TPSA) is 78.3 Å². The summed E-state index contributed by atoms with van der Waals surface area (Å²) in [4.78, 5) is 22.7. The molecule has 0 atom stereocenters. The number of carbonyl (C=O) groups is 1. The van der Waals surface area contributed by atoms with Gasteiger partial charge in [-0.2, -0.15) is 5.10 Å². The number of benzene rings is 1. The van der Waals surface area contributed by atoms with Crippen molar-refractivity contribution in [1.82, 2.24) is 29.8 Å². The highest BCUT2D eigenvalue weighted by atomic mass is 16.2. The third-order valence-electron chi connectivity index (χ3n) is 8.22. The van der Waals surface area contributed by atoms with Crippen LogP contribution in [0, 0.1) is 6.92 Å². The monoisotopic (exact) mass is 484 g/mol. The number of likely N-dealkylation sites (tertiary alicyclic amines) is 1. The molecule has 1 aliphatic carbocycles. The van der Waals surface area contributed by atoms with Gasteiger partial charge in [0.25, 0.3) is 0 Å². The largest absolute Gasteiger partial charge is 0.354 e. The van der Waals surface area contributed by atoms with Gasteiger partial charge < -0.3 is 15.2 Å². The lowest BCUT2D eigenvalue weighted by molar-refractivity contribution is -0.131. The molecule has 2 N–H and O–H groups in total. The Morgan fingerprint density at radius 3 is 2.64 bits per heavy atom. The van der Waals surface area contributed by atoms with E-state index < -0.39 is 0 Å². The van der Waals surface area contributed by atoms with Crippen LogP contribution in [-0.4, -0.2) is 57.1 Å². The van der Waals surface area contributed by atoms with Crippen molar-refractivity contribution in [3.63, 3.8) is 0 Å². The van der Waals surface area contributed by atoms with Crippen LogP contribution >= 0.6 is 0 Å². The molecule has 1 aliphatic heterocycles. The highest BCUT2D eigenvalue weighted by Gasteiger charge is 2.31. The van der Waals surface area contributed by atoms with Gasteiger partial charge >= 0.3 is 0 Å². The number of nitrogens with one attached hydrogen (secondary N) is 2. The number of carbonyl (C=O) groups excluding carboxylic acids is 1. The summed E-state index contributed by atoms with van der Waals surface area (Å²) in [6.07, 6.45) is 8.32. The van der Waals surface area contributed by atoms with E-state index in [2.05, 4.69) is 65.6 Å². The van der Waals surface area contributed by atoms with Gasteiger partial charge in [-0.3, -0.25) is 4.79 Å². The van der Waals surface area contributed by atoms with Gasteiger partial charge in [0.2, 0.25) is 5.91 Å². The zero-order valence-corrected chi connectivity index (χ0v) is 21.8. The molecule has 0 radical (unpaired) electrons. The number of aromatic amines is 1. The maximum Gasteiger partial charge on any atom is 0.236 e. The van der Waals surface area contributed by atoms with Gasteiger partial charge in [0.15, 0.2) is 5.65 Å². The standard InChI is InChI=1S/C29H36N6O/c1-17(2)26-22-13-21(19-9-11-34(12-10-19)25(36)14-30-4)7-8-24(22)33-28(26)23-15-35-29(31-16-32-35)27(18(23)3)20-5-6-20/h7-8,13,15-17,19-20,30,33H,5-6,9-12,14H2,1-4H3. The number of piperidine rings is 1. The second kappa shape index (κ2) is 9.04. The lowest BCUT2D eigenvalue weighted by Crippen LogP contribution is -2.41. The Labute approximate surface area is 212 Å². The predicted molar refractivity (Wildman–Crippen MR) is 144 cm³/mol. The van der Waals surface area contributed by atoms with Crippen LogP contribution in [0.4, 0.5) is 0 Å². The van der Waals surface area contributed by atoms with Crippen molar-refractivity contribution in [2.24, 2.45) is 0 Å². The van der Waals surface area contributed by atoms with E-state index in [0.717, 1.165) is 31.6 Å². The first-order valence-electron chi connectivity index (χ1n) is 13.4. The van der Waals surface area contributed by atoms with E-state index in [1.165, 1.54) is 57.3 Å². The number of H-pyrrole nitrogens is 1. The summed E-state index contributed by atoms with van der Waals surface area (Å²) in [6.45, 7) is 8.91. The molecule has 4 aromatic rings. The molecule has 1 saturated carbocycles. The number of amides is 1. The SMILES string of the molecule is CNCC(=O)N1CCC(c2ccc3[nH]c(-c4cn5ncnc5c(C5CC5)c4C)c(C(C)C)c3c2)CC1. The van der Waals surface area contributed by atoms with Crippen molar-refractivity contribution < 1.29 is 4.79 Å². The van der Waals surface area contributed by atoms with E-state index >= 15 is 0 Å². The molecular formula is C29H36N6O. The number of fused-ring (bicyclic) bond motifs is 2. The van der Waals surface area contributed by atoms with E-state index in [0.29, 0.717) is 24.3 Å². The second-order valence-corrected chi connectivity index (χ2v) is 10.9. The van der Waals surface area contributed by atoms with Gasteiger partial charge in [-0.1, -0.05) is 19.9 Å². The Hall–Kier alpha value is -3.19. The number of likely N-dealkylation sites (N-methyl/N-ethyl adjacent to an activating group) is 1. The molecule has 3 aromatic heterocycles. The third kappa shape index (κ3) is 3.90. The van der Waals surface area contributed by atoms with Crippen molar-refractivity contribution in [2.75, 3.05) is 26.7 Å². The maximum atomic E-state index is 12.3. The normalized spacial score (nSPS) is 17.1. The maximum absolute atomic E-state index is 12.3. The average molecular weight is 485 g/mol. The molecule has 1 saturated heterocycles. The molecule has 0 bridgehead atoms. The Morgan fingerprint density at radius 1 is 1.17 bits per heavy atom. The molecular weight excluding hydrogens is 448 g/mol. The van der Waals surface area contributed by atoms with E-state index in [4.69, 9.17) is 0 Å². The average Bonchev–Trinajstić information content (AvgIpc) is 3.47. The van der Waals surface area contributed by atoms with Crippen LogP contribution in [0.1, 0.15) is 79.5 Å². The molecule has 7 nitrogen and oxygen atoms in total. The lowest BCUT2D eigenvalue weighted by Gasteiger charge is -2.32. The highest BCUT2D eigenvalue weighted by Crippen LogP contribution is 2.46. The minimum Gasteiger partial charge on any atom is -0.354 e. The molecule has 4 heterocycles. The molecule has 188 valence electrons. The quantitative estimate of drug-likeness (QED) is 0.399. The van der Waals surface area contributed by atoms with Crippen molar-refractivity contribution in [1.29, 1.82) is 0 Å². The first-order valence-corrected chi connectivity index (χ1v) is 13.4. The van der Waals surface area contributed by atoms with Crippen LogP contribution in [0.15, 0.2) is 30.7 Å². The Balaban J connectivity index is 1.39. The van der Waals surface area contributed by atoms with Crippen LogP contribution in [0.5, 0.6) is 0 Å². The van der Waals surface area contributed by atoms with Crippen molar-refractivity contribution in [2.45, 2.75) is 64.2 Å². The molecule has 6 rings (SSSR count). The van der Waals surface area contributed by atoms with Crippen LogP contribution in [-0.2, 0) is 4.79 Å². The van der Waals surface area contributed by atoms with Crippen molar-refractivity contribution in [3.05, 3.63) is 53.0 Å². The van der Waals surface area contributed by atoms with Gasteiger partial charge in [-0.25, -0.2) is 9.50 Å². The number of rotatable bonds is 6. The summed E-state index contributed by atoms with van der Waals surface area (Å²) in [5, 5.41) is 8.81. The van der Waals surface area contributed by atoms with Gasteiger partial charge in [0.1, 0.15) is 6.33 Å². The Morgan fingerprint density at radius 2 is 1.94 bits per heavy atom. The minimum atomic E-state index is 0.203. The smallest absolute Gasteiger partial charge is 0.236 e. The molecule has 36 heavy (non-hydrogen) atoms. The van der Waals surface area contributed by atoms with E-state index in [9.17, 15) is 4.79 Å². The second-order valence-electron chi connectivity index (χ2n) is 10.9. The fraction of sp³-hybridized carbons (Fsp3) is 0.483. The summed E-state index contributed by atoms with van der Waals surface area (Å²) in [5.41, 5.74) is 10.1. The first-order chi connectivity index (χ1) is 17.5. The van der Waals surface area contributed by atoms with Crippen molar-refractivity contribution in [3.8, 4) is 11.3 Å². The summed E-state index contributed by atoms with van der Waals surface area (Å²) in [7, 11) is 1.83. The Bertz CT molecular complexity index is 1440. The zero-order valence-electron chi connectivity index (χ0n) is 21.8. The summed E-state index contributed by atoms with van der Waals surface area (Å²) in [6, 6.07) is 6.95. The highest BCUT2D eigenvalue weighted by molar-refractivity contribution is 5.93. The summed E-state index contributed by atoms with van der Waals surface area (Å²) >= 11 is 0. The number of hydrogen-bond donors (Lipinski definition) is 2. The number of aromatic nitrogens is 4. The van der Waals surface area contributed by atoms with Crippen LogP contribution in [0.2, 0.25) is 0 Å². The zero-order chi connectivity index (χ0) is 25.0. The Kier molecular flexibility index (Phi) is 5.83. The fourth-order valence-corrected chi connectivity index (χ4v) is 6.20. The van der Waals surface area contributed by atoms with Gasteiger partial charge in [-0.15, -0.1) is 0 Å².